The van der Waals surface area contributed by atoms with Crippen LogP contribution in [0.1, 0.15) is 12.8 Å². The topological polar surface area (TPSA) is 56.6 Å². The molecule has 1 saturated carbocycles. The Balaban J connectivity index is 1.04. The monoisotopic (exact) mass is 486 g/mol. The highest BCUT2D eigenvalue weighted by molar-refractivity contribution is 5.82. The quantitative estimate of drug-likeness (QED) is 0.553. The van der Waals surface area contributed by atoms with Crippen LogP contribution in [-0.4, -0.2) is 96.9 Å². The summed E-state index contributed by atoms with van der Waals surface area (Å²) in [7, 11) is 0. The van der Waals surface area contributed by atoms with Gasteiger partial charge in [-0.3, -0.25) is 9.69 Å². The molecular formula is C28H34N6O2. The molecule has 36 heavy (non-hydrogen) atoms. The number of rotatable bonds is 5. The van der Waals surface area contributed by atoms with E-state index in [1.165, 1.54) is 22.5 Å². The third-order valence-electron chi connectivity index (χ3n) is 8.36. The SMILES string of the molecule is O=C(C1CC1)N1CCN(c2ccnn3cc(-c4ccc(N5CCN(C6COC6)CC5)cc4)cc23)CC1. The van der Waals surface area contributed by atoms with Gasteiger partial charge in [-0.25, -0.2) is 4.52 Å². The van der Waals surface area contributed by atoms with Crippen molar-refractivity contribution in [3.8, 4) is 11.1 Å². The van der Waals surface area contributed by atoms with Crippen molar-refractivity contribution in [3.05, 3.63) is 48.8 Å². The molecule has 3 saturated heterocycles. The Bertz CT molecular complexity index is 1230. The highest BCUT2D eigenvalue weighted by Gasteiger charge is 2.35. The van der Waals surface area contributed by atoms with Crippen LogP contribution < -0.4 is 9.80 Å². The van der Waals surface area contributed by atoms with Crippen molar-refractivity contribution in [2.24, 2.45) is 5.92 Å². The van der Waals surface area contributed by atoms with Gasteiger partial charge in [0.25, 0.3) is 0 Å². The first kappa shape index (κ1) is 22.1. The largest absolute Gasteiger partial charge is 0.378 e. The van der Waals surface area contributed by atoms with Crippen LogP contribution >= 0.6 is 0 Å². The van der Waals surface area contributed by atoms with Crippen LogP contribution in [0.3, 0.4) is 0 Å². The number of carbonyl (C=O) groups is 1. The summed E-state index contributed by atoms with van der Waals surface area (Å²) in [4.78, 5) is 21.9. The van der Waals surface area contributed by atoms with Gasteiger partial charge in [0.05, 0.1) is 30.5 Å². The van der Waals surface area contributed by atoms with Gasteiger partial charge in [-0.05, 0) is 42.7 Å². The second-order valence-corrected chi connectivity index (χ2v) is 10.6. The molecule has 4 aliphatic rings. The lowest BCUT2D eigenvalue weighted by Gasteiger charge is -2.43. The lowest BCUT2D eigenvalue weighted by molar-refractivity contribution is -0.132. The fourth-order valence-corrected chi connectivity index (χ4v) is 5.83. The predicted molar refractivity (Wildman–Crippen MR) is 141 cm³/mol. The smallest absolute Gasteiger partial charge is 0.225 e. The van der Waals surface area contributed by atoms with E-state index in [1.807, 2.05) is 10.7 Å². The normalized spacial score (nSPS) is 21.7. The van der Waals surface area contributed by atoms with E-state index in [9.17, 15) is 4.79 Å². The number of hydrogen-bond acceptors (Lipinski definition) is 6. The first-order valence-electron chi connectivity index (χ1n) is 13.4. The van der Waals surface area contributed by atoms with Crippen molar-refractivity contribution in [2.75, 3.05) is 75.4 Å². The molecule has 1 amide bonds. The van der Waals surface area contributed by atoms with Crippen LogP contribution in [0.2, 0.25) is 0 Å². The molecule has 0 N–H and O–H groups in total. The summed E-state index contributed by atoms with van der Waals surface area (Å²) >= 11 is 0. The van der Waals surface area contributed by atoms with Crippen molar-refractivity contribution in [1.82, 2.24) is 19.4 Å². The van der Waals surface area contributed by atoms with Crippen LogP contribution in [-0.2, 0) is 9.53 Å². The third-order valence-corrected chi connectivity index (χ3v) is 8.36. The zero-order chi connectivity index (χ0) is 24.1. The third kappa shape index (κ3) is 4.12. The maximum atomic E-state index is 12.4. The second-order valence-electron chi connectivity index (χ2n) is 10.6. The van der Waals surface area contributed by atoms with Crippen LogP contribution in [0.15, 0.2) is 48.8 Å². The van der Waals surface area contributed by atoms with Gasteiger partial charge in [-0.1, -0.05) is 12.1 Å². The number of benzene rings is 1. The van der Waals surface area contributed by atoms with Gasteiger partial charge < -0.3 is 19.4 Å². The van der Waals surface area contributed by atoms with E-state index < -0.39 is 0 Å². The van der Waals surface area contributed by atoms with E-state index in [2.05, 4.69) is 67.3 Å². The Kier molecular flexibility index (Phi) is 5.58. The molecule has 3 aromatic rings. The maximum absolute atomic E-state index is 12.4. The average Bonchev–Trinajstić information content (AvgIpc) is 3.66. The molecule has 3 aliphatic heterocycles. The molecule has 0 unspecified atom stereocenters. The molecular weight excluding hydrogens is 452 g/mol. The van der Waals surface area contributed by atoms with Gasteiger partial charge in [0.15, 0.2) is 0 Å². The zero-order valence-corrected chi connectivity index (χ0v) is 20.8. The standard InChI is InChI=1S/C28H34N6O2/c35-28(22-1-2-22)33-15-13-32(14-16-33)26-7-8-29-34-18-23(17-27(26)34)21-3-5-24(6-4-21)30-9-11-31(12-10-30)25-19-36-20-25/h3-8,17-18,22,25H,1-2,9-16,19-20H2. The van der Waals surface area contributed by atoms with Crippen molar-refractivity contribution in [3.63, 3.8) is 0 Å². The number of anilines is 2. The van der Waals surface area contributed by atoms with Gasteiger partial charge >= 0.3 is 0 Å². The number of aromatic nitrogens is 2. The van der Waals surface area contributed by atoms with Crippen molar-refractivity contribution in [1.29, 1.82) is 0 Å². The summed E-state index contributed by atoms with van der Waals surface area (Å²) in [6.07, 6.45) is 6.15. The van der Waals surface area contributed by atoms with Crippen molar-refractivity contribution < 1.29 is 9.53 Å². The molecule has 188 valence electrons. The van der Waals surface area contributed by atoms with Gasteiger partial charge in [0.2, 0.25) is 5.91 Å². The average molecular weight is 487 g/mol. The van der Waals surface area contributed by atoms with E-state index >= 15 is 0 Å². The Labute approximate surface area is 212 Å². The molecule has 5 heterocycles. The zero-order valence-electron chi connectivity index (χ0n) is 20.8. The number of amides is 1. The summed E-state index contributed by atoms with van der Waals surface area (Å²) < 4.78 is 7.35. The number of hydrogen-bond donors (Lipinski definition) is 0. The van der Waals surface area contributed by atoms with E-state index in [1.54, 1.807) is 0 Å². The summed E-state index contributed by atoms with van der Waals surface area (Å²) in [5.74, 6) is 0.661. The predicted octanol–water partition coefficient (Wildman–Crippen LogP) is 2.58. The number of fused-ring (bicyclic) bond motifs is 1. The first-order chi connectivity index (χ1) is 17.7. The summed E-state index contributed by atoms with van der Waals surface area (Å²) in [5, 5.41) is 4.59. The number of piperazine rings is 2. The molecule has 4 fully saturated rings. The number of nitrogens with zero attached hydrogens (tertiary/aromatic N) is 6. The molecule has 8 nitrogen and oxygen atoms in total. The highest BCUT2D eigenvalue weighted by atomic mass is 16.5. The van der Waals surface area contributed by atoms with Gasteiger partial charge in [-0.15, -0.1) is 0 Å². The number of carbonyl (C=O) groups excluding carboxylic acids is 1. The van der Waals surface area contributed by atoms with Crippen molar-refractivity contribution in [2.45, 2.75) is 18.9 Å². The Morgan fingerprint density at radius 1 is 0.833 bits per heavy atom. The molecule has 0 bridgehead atoms. The minimum absolute atomic E-state index is 0.302. The molecule has 0 atom stereocenters. The minimum atomic E-state index is 0.302. The van der Waals surface area contributed by atoms with E-state index in [0.717, 1.165) is 83.9 Å². The van der Waals surface area contributed by atoms with Crippen LogP contribution in [0.25, 0.3) is 16.6 Å². The lowest BCUT2D eigenvalue weighted by Crippen LogP contribution is -2.56. The van der Waals surface area contributed by atoms with Gasteiger partial charge in [-0.2, -0.15) is 5.10 Å². The molecule has 8 heteroatoms. The Hall–Kier alpha value is -3.10. The van der Waals surface area contributed by atoms with Crippen molar-refractivity contribution >= 4 is 22.8 Å². The molecule has 0 spiro atoms. The first-order valence-corrected chi connectivity index (χ1v) is 13.4. The fraction of sp³-hybridized carbons (Fsp3) is 0.500. The molecule has 0 radical (unpaired) electrons. The molecule has 1 aliphatic carbocycles. The van der Waals surface area contributed by atoms with Crippen LogP contribution in [0.5, 0.6) is 0 Å². The molecule has 2 aromatic heterocycles. The molecule has 1 aromatic carbocycles. The van der Waals surface area contributed by atoms with Gasteiger partial charge in [0, 0.05) is 81.9 Å². The fourth-order valence-electron chi connectivity index (χ4n) is 5.83. The minimum Gasteiger partial charge on any atom is -0.378 e. The lowest BCUT2D eigenvalue weighted by atomic mass is 10.1. The molecule has 7 rings (SSSR count). The van der Waals surface area contributed by atoms with Crippen LogP contribution in [0, 0.1) is 5.92 Å². The van der Waals surface area contributed by atoms with Gasteiger partial charge in [0.1, 0.15) is 0 Å². The van der Waals surface area contributed by atoms with E-state index in [0.29, 0.717) is 17.9 Å². The van der Waals surface area contributed by atoms with E-state index in [-0.39, 0.29) is 0 Å². The Morgan fingerprint density at radius 3 is 2.22 bits per heavy atom. The van der Waals surface area contributed by atoms with Crippen LogP contribution in [0.4, 0.5) is 11.4 Å². The summed E-state index contributed by atoms with van der Waals surface area (Å²) in [5.41, 5.74) is 6.00. The second kappa shape index (κ2) is 9.09. The summed E-state index contributed by atoms with van der Waals surface area (Å²) in [6, 6.07) is 14.0. The maximum Gasteiger partial charge on any atom is 0.225 e. The Morgan fingerprint density at radius 2 is 1.56 bits per heavy atom. The number of ether oxygens (including phenoxy) is 1. The summed E-state index contributed by atoms with van der Waals surface area (Å²) in [6.45, 7) is 9.50. The van der Waals surface area contributed by atoms with E-state index in [4.69, 9.17) is 4.74 Å². The highest BCUT2D eigenvalue weighted by Crippen LogP contribution is 2.33.